The van der Waals surface area contributed by atoms with Gasteiger partial charge in [-0.2, -0.15) is 0 Å². The van der Waals surface area contributed by atoms with E-state index in [1.54, 1.807) is 51.2 Å². The predicted octanol–water partition coefficient (Wildman–Crippen LogP) is 3.14. The van der Waals surface area contributed by atoms with Gasteiger partial charge in [0.25, 0.3) is 0 Å². The Balaban J connectivity index is 1.92. The molecule has 0 unspecified atom stereocenters. The van der Waals surface area contributed by atoms with Gasteiger partial charge in [-0.05, 0) is 56.7 Å². The number of para-hydroxylation sites is 1. The Morgan fingerprint density at radius 3 is 2.12 bits per heavy atom. The van der Waals surface area contributed by atoms with E-state index in [9.17, 15) is 28.8 Å². The van der Waals surface area contributed by atoms with E-state index in [0.29, 0.717) is 22.9 Å². The van der Waals surface area contributed by atoms with E-state index >= 15 is 0 Å². The number of carbonyl (C=O) groups excluding carboxylic acids is 6. The lowest BCUT2D eigenvalue weighted by atomic mass is 10.0. The minimum atomic E-state index is -1.29. The fraction of sp³-hybridized carbons (Fsp3) is 0.429. The molecule has 0 aliphatic rings. The fourth-order valence-corrected chi connectivity index (χ4v) is 5.02. The summed E-state index contributed by atoms with van der Waals surface area (Å²) in [7, 11) is 0. The van der Waals surface area contributed by atoms with Crippen molar-refractivity contribution in [3.63, 3.8) is 0 Å². The first-order chi connectivity index (χ1) is 22.7. The smallest absolute Gasteiger partial charge is 0.408 e. The molecule has 13 nitrogen and oxygen atoms in total. The summed E-state index contributed by atoms with van der Waals surface area (Å²) in [6.45, 7) is 8.75. The summed E-state index contributed by atoms with van der Waals surface area (Å²) in [6.07, 6.45) is 1.06. The van der Waals surface area contributed by atoms with Crippen LogP contribution in [0.2, 0.25) is 0 Å². The predicted molar refractivity (Wildman–Crippen MR) is 179 cm³/mol. The highest BCUT2D eigenvalue weighted by Gasteiger charge is 2.32. The molecule has 3 rings (SSSR count). The standard InChI is InChI=1S/C35H45N5O8/c1-22(2)17-28(33(45)47-20-23-11-7-6-8-12-23)38-32(44)27(18-24-19-40(21-41)29-14-10-9-13-25(24)29)37-31(43)26(15-16-30(36)42)39-34(46)48-35(3,4)5/h6-14,19,21-22,26-28H,15-18,20H2,1-5H3,(H2,36,42)(H,37,43)(H,38,44)(H,39,46)/t26-,27+,28-/m0/s1. The van der Waals surface area contributed by atoms with Crippen molar-refractivity contribution in [1.82, 2.24) is 20.5 Å². The Morgan fingerprint density at radius 1 is 0.875 bits per heavy atom. The number of hydrogen-bond donors (Lipinski definition) is 4. The molecule has 48 heavy (non-hydrogen) atoms. The van der Waals surface area contributed by atoms with Crippen molar-refractivity contribution in [2.45, 2.75) is 90.6 Å². The molecular formula is C35H45N5O8. The zero-order chi connectivity index (χ0) is 35.4. The number of nitrogens with zero attached hydrogens (tertiary/aromatic N) is 1. The van der Waals surface area contributed by atoms with Gasteiger partial charge in [0.15, 0.2) is 0 Å². The molecule has 5 N–H and O–H groups in total. The summed E-state index contributed by atoms with van der Waals surface area (Å²) in [4.78, 5) is 76.9. The highest BCUT2D eigenvalue weighted by atomic mass is 16.6. The number of esters is 1. The number of nitrogens with one attached hydrogen (secondary N) is 3. The van der Waals surface area contributed by atoms with E-state index in [4.69, 9.17) is 15.2 Å². The van der Waals surface area contributed by atoms with E-state index in [0.717, 1.165) is 5.56 Å². The zero-order valence-corrected chi connectivity index (χ0v) is 28.0. The van der Waals surface area contributed by atoms with Crippen LogP contribution in [-0.4, -0.2) is 64.5 Å². The maximum Gasteiger partial charge on any atom is 0.408 e. The maximum atomic E-state index is 14.0. The van der Waals surface area contributed by atoms with Gasteiger partial charge in [-0.1, -0.05) is 62.4 Å². The SMILES string of the molecule is CC(C)C[C@H](NC(=O)[C@@H](Cc1cn(C=O)c2ccccc12)NC(=O)[C@H](CCC(N)=O)NC(=O)OC(C)(C)C)C(=O)OCc1ccccc1. The lowest BCUT2D eigenvalue weighted by Gasteiger charge is -2.26. The minimum Gasteiger partial charge on any atom is -0.459 e. The average Bonchev–Trinajstić information content (AvgIpc) is 3.37. The molecule has 1 heterocycles. The minimum absolute atomic E-state index is 0.00519. The van der Waals surface area contributed by atoms with Crippen molar-refractivity contribution in [3.8, 4) is 0 Å². The summed E-state index contributed by atoms with van der Waals surface area (Å²) in [5.41, 5.74) is 6.40. The van der Waals surface area contributed by atoms with Crippen LogP contribution in [0.1, 0.15) is 65.0 Å². The van der Waals surface area contributed by atoms with Crippen LogP contribution in [0, 0.1) is 5.92 Å². The molecule has 1 aromatic heterocycles. The number of amides is 4. The van der Waals surface area contributed by atoms with Gasteiger partial charge >= 0.3 is 12.1 Å². The van der Waals surface area contributed by atoms with Gasteiger partial charge in [0.05, 0.1) is 5.52 Å². The molecule has 0 spiro atoms. The summed E-state index contributed by atoms with van der Waals surface area (Å²) in [5.74, 6) is -2.82. The number of fused-ring (bicyclic) bond motifs is 1. The van der Waals surface area contributed by atoms with Crippen LogP contribution in [-0.2, 0) is 46.5 Å². The fourth-order valence-electron chi connectivity index (χ4n) is 5.02. The Morgan fingerprint density at radius 2 is 1.50 bits per heavy atom. The number of hydrogen-bond acceptors (Lipinski definition) is 8. The molecular weight excluding hydrogens is 618 g/mol. The van der Waals surface area contributed by atoms with Crippen molar-refractivity contribution in [2.75, 3.05) is 0 Å². The van der Waals surface area contributed by atoms with Gasteiger partial charge in [0.1, 0.15) is 30.3 Å². The average molecular weight is 664 g/mol. The van der Waals surface area contributed by atoms with Crippen molar-refractivity contribution in [3.05, 3.63) is 71.9 Å². The number of primary amides is 1. The monoisotopic (exact) mass is 663 g/mol. The van der Waals surface area contributed by atoms with E-state index in [1.807, 2.05) is 44.2 Å². The van der Waals surface area contributed by atoms with Gasteiger partial charge in [-0.15, -0.1) is 0 Å². The van der Waals surface area contributed by atoms with E-state index in [1.165, 1.54) is 4.57 Å². The largest absolute Gasteiger partial charge is 0.459 e. The molecule has 3 aromatic rings. The van der Waals surface area contributed by atoms with Crippen molar-refractivity contribution in [2.24, 2.45) is 11.7 Å². The van der Waals surface area contributed by atoms with Crippen LogP contribution in [0.5, 0.6) is 0 Å². The van der Waals surface area contributed by atoms with Crippen molar-refractivity contribution >= 4 is 47.1 Å². The summed E-state index contributed by atoms with van der Waals surface area (Å²) >= 11 is 0. The van der Waals surface area contributed by atoms with E-state index in [2.05, 4.69) is 16.0 Å². The van der Waals surface area contributed by atoms with Crippen LogP contribution in [0.25, 0.3) is 10.9 Å². The van der Waals surface area contributed by atoms with Crippen molar-refractivity contribution in [1.29, 1.82) is 0 Å². The van der Waals surface area contributed by atoms with E-state index in [-0.39, 0.29) is 38.2 Å². The number of alkyl carbamates (subject to hydrolysis) is 1. The Bertz CT molecular complexity index is 1600. The Labute approximate surface area is 279 Å². The normalized spacial score (nSPS) is 13.2. The molecule has 0 aliphatic heterocycles. The lowest BCUT2D eigenvalue weighted by molar-refractivity contribution is -0.149. The first-order valence-electron chi connectivity index (χ1n) is 15.8. The molecule has 0 fully saturated rings. The van der Waals surface area contributed by atoms with Gasteiger partial charge in [-0.25, -0.2) is 9.59 Å². The van der Waals surface area contributed by atoms with E-state index < -0.39 is 53.5 Å². The molecule has 2 aromatic carbocycles. The second kappa shape index (κ2) is 17.1. The van der Waals surface area contributed by atoms with Crippen LogP contribution in [0.4, 0.5) is 4.79 Å². The molecule has 0 saturated carbocycles. The van der Waals surface area contributed by atoms with Crippen molar-refractivity contribution < 1.29 is 38.2 Å². The Hall–Kier alpha value is -5.20. The summed E-state index contributed by atoms with van der Waals surface area (Å²) in [5, 5.41) is 8.57. The Kier molecular flexibility index (Phi) is 13.3. The summed E-state index contributed by atoms with van der Waals surface area (Å²) < 4.78 is 12.2. The number of rotatable bonds is 16. The molecule has 13 heteroatoms. The molecule has 258 valence electrons. The number of benzene rings is 2. The quantitative estimate of drug-likeness (QED) is 0.133. The van der Waals surface area contributed by atoms with Crippen LogP contribution >= 0.6 is 0 Å². The molecule has 0 aliphatic carbocycles. The molecule has 0 bridgehead atoms. The molecule has 3 atom stereocenters. The van der Waals surface area contributed by atoms with Gasteiger partial charge in [0.2, 0.25) is 24.1 Å². The zero-order valence-electron chi connectivity index (χ0n) is 28.0. The highest BCUT2D eigenvalue weighted by molar-refractivity contribution is 5.95. The van der Waals surface area contributed by atoms with Crippen LogP contribution in [0.15, 0.2) is 60.8 Å². The number of aromatic nitrogens is 1. The van der Waals surface area contributed by atoms with Crippen LogP contribution < -0.4 is 21.7 Å². The van der Waals surface area contributed by atoms with Crippen LogP contribution in [0.3, 0.4) is 0 Å². The van der Waals surface area contributed by atoms with Gasteiger partial charge in [-0.3, -0.25) is 23.7 Å². The first-order valence-corrected chi connectivity index (χ1v) is 15.8. The molecule has 0 radical (unpaired) electrons. The second-order valence-electron chi connectivity index (χ2n) is 12.9. The first kappa shape index (κ1) is 37.3. The number of ether oxygens (including phenoxy) is 2. The van der Waals surface area contributed by atoms with Gasteiger partial charge < -0.3 is 31.2 Å². The number of nitrogens with two attached hydrogens (primary N) is 1. The summed E-state index contributed by atoms with van der Waals surface area (Å²) in [6, 6.07) is 12.6. The molecule has 0 saturated heterocycles. The number of carbonyl (C=O) groups is 6. The third-order valence-corrected chi connectivity index (χ3v) is 7.21. The lowest BCUT2D eigenvalue weighted by Crippen LogP contribution is -2.57. The maximum absolute atomic E-state index is 14.0. The highest BCUT2D eigenvalue weighted by Crippen LogP contribution is 2.22. The van der Waals surface area contributed by atoms with Gasteiger partial charge in [0, 0.05) is 24.4 Å². The third-order valence-electron chi connectivity index (χ3n) is 7.21. The topological polar surface area (TPSA) is 188 Å². The molecule has 4 amide bonds. The second-order valence-corrected chi connectivity index (χ2v) is 12.9. The third kappa shape index (κ3) is 11.6.